The zero-order valence-electron chi connectivity index (χ0n) is 43.6. The smallest absolute Gasteiger partial charge is 0.306 e. The van der Waals surface area contributed by atoms with Gasteiger partial charge in [-0.2, -0.15) is 0 Å². The van der Waals surface area contributed by atoms with Crippen LogP contribution in [-0.4, -0.2) is 69.4 Å². The van der Waals surface area contributed by atoms with Crippen LogP contribution in [0.4, 0.5) is 0 Å². The number of likely N-dealkylation sites (N-methyl/N-ethyl adjacent to an activating group) is 1. The molecule has 384 valence electrons. The van der Waals surface area contributed by atoms with E-state index in [9.17, 15) is 19.0 Å². The van der Waals surface area contributed by atoms with Gasteiger partial charge in [-0.3, -0.25) is 14.2 Å². The Kier molecular flexibility index (Phi) is 44.5. The van der Waals surface area contributed by atoms with Gasteiger partial charge in [0.25, 0.3) is 7.82 Å². The Morgan fingerprint density at radius 1 is 0.537 bits per heavy atom. The molecule has 0 bridgehead atoms. The number of rotatable bonds is 46. The van der Waals surface area contributed by atoms with Gasteiger partial charge in [-0.1, -0.05) is 183 Å². The van der Waals surface area contributed by atoms with Gasteiger partial charge < -0.3 is 28.5 Å². The second-order valence-electron chi connectivity index (χ2n) is 18.6. The summed E-state index contributed by atoms with van der Waals surface area (Å²) in [5.74, 6) is -0.614. The summed E-state index contributed by atoms with van der Waals surface area (Å²) in [4.78, 5) is 39.7. The molecule has 1 N–H and O–H groups in total. The molecule has 0 spiro atoms. The van der Waals surface area contributed by atoms with Crippen LogP contribution in [0.5, 0.6) is 0 Å². The molecular formula is C57H99N2O7P. The van der Waals surface area contributed by atoms with Crippen LogP contribution in [0.2, 0.25) is 0 Å². The maximum Gasteiger partial charge on any atom is 0.306 e. The molecule has 0 fully saturated rings. The molecule has 67 heavy (non-hydrogen) atoms. The Balaban J connectivity index is 5.49. The van der Waals surface area contributed by atoms with Gasteiger partial charge in [0.2, 0.25) is 5.91 Å². The number of phosphoric acid groups is 1. The van der Waals surface area contributed by atoms with Gasteiger partial charge >= 0.3 is 5.97 Å². The predicted octanol–water partition coefficient (Wildman–Crippen LogP) is 15.0. The highest BCUT2D eigenvalue weighted by Crippen LogP contribution is 2.38. The molecule has 0 aliphatic heterocycles. The number of nitrogens with zero attached hydrogens (tertiary/aromatic N) is 1. The van der Waals surface area contributed by atoms with E-state index < -0.39 is 26.6 Å². The molecule has 1 amide bonds. The van der Waals surface area contributed by atoms with Crippen molar-refractivity contribution in [3.63, 3.8) is 0 Å². The van der Waals surface area contributed by atoms with Crippen LogP contribution in [0, 0.1) is 0 Å². The van der Waals surface area contributed by atoms with Gasteiger partial charge in [0, 0.05) is 12.8 Å². The molecule has 0 rings (SSSR count). The molecule has 0 heterocycles. The zero-order chi connectivity index (χ0) is 49.4. The molecule has 9 nitrogen and oxygen atoms in total. The molecule has 0 saturated carbocycles. The first kappa shape index (κ1) is 63.9. The van der Waals surface area contributed by atoms with Gasteiger partial charge in [0.15, 0.2) is 0 Å². The molecule has 0 aliphatic carbocycles. The van der Waals surface area contributed by atoms with E-state index in [1.54, 1.807) is 6.08 Å². The van der Waals surface area contributed by atoms with Gasteiger partial charge in [0.1, 0.15) is 19.3 Å². The Labute approximate surface area is 411 Å². The first-order chi connectivity index (χ1) is 32.4. The van der Waals surface area contributed by atoms with Crippen LogP contribution in [-0.2, 0) is 27.9 Å². The third-order valence-electron chi connectivity index (χ3n) is 11.0. The average Bonchev–Trinajstić information content (AvgIpc) is 3.28. The zero-order valence-corrected chi connectivity index (χ0v) is 44.5. The van der Waals surface area contributed by atoms with Crippen LogP contribution in [0.25, 0.3) is 0 Å². The van der Waals surface area contributed by atoms with Gasteiger partial charge in [-0.25, -0.2) is 0 Å². The number of esters is 1. The standard InChI is InChI=1S/C57H99N2O7P/c1-7-10-13-16-19-22-25-27-29-30-31-34-37-40-43-46-49-56(60)58-54(53-65-67(62,63)64-52-51-59(4,5)6)55(48-45-42-39-36-33-24-21-18-15-12-9-3)66-57(61)50-47-44-41-38-35-32-28-26-23-20-17-14-11-8-2/h10-11,13-14,19-20,22-23,27-29,31-32,34,45,48,54-55H,7-9,12,15-18,21,24-26,30,33,35-44,46-47,49-53H2,1-6H3,(H-,58,60,62,63)/b13-10+,14-11+,22-19+,23-20+,29-27+,32-28+,34-31+,48-45+. The van der Waals surface area contributed by atoms with Crippen LogP contribution in [0.3, 0.4) is 0 Å². The van der Waals surface area contributed by atoms with E-state index in [4.69, 9.17) is 13.8 Å². The molecule has 0 aromatic carbocycles. The number of hydrogen-bond donors (Lipinski definition) is 1. The normalized spacial score (nSPS) is 14.7. The topological polar surface area (TPSA) is 114 Å². The summed E-state index contributed by atoms with van der Waals surface area (Å²) in [6.45, 7) is 6.53. The summed E-state index contributed by atoms with van der Waals surface area (Å²) in [6, 6.07) is -0.918. The molecule has 10 heteroatoms. The summed E-state index contributed by atoms with van der Waals surface area (Å²) >= 11 is 0. The monoisotopic (exact) mass is 955 g/mol. The van der Waals surface area contributed by atoms with Crippen LogP contribution in [0.1, 0.15) is 201 Å². The summed E-state index contributed by atoms with van der Waals surface area (Å²) in [5.41, 5.74) is 0. The van der Waals surface area contributed by atoms with Gasteiger partial charge in [0.05, 0.1) is 33.8 Å². The highest BCUT2D eigenvalue weighted by molar-refractivity contribution is 7.45. The molecule has 0 aromatic rings. The Morgan fingerprint density at radius 3 is 1.45 bits per heavy atom. The second kappa shape index (κ2) is 46.6. The van der Waals surface area contributed by atoms with Crippen molar-refractivity contribution in [1.29, 1.82) is 0 Å². The van der Waals surface area contributed by atoms with Crippen molar-refractivity contribution < 1.29 is 37.3 Å². The minimum absolute atomic E-state index is 0.0376. The van der Waals surface area contributed by atoms with Crippen molar-refractivity contribution in [1.82, 2.24) is 5.32 Å². The van der Waals surface area contributed by atoms with Crippen LogP contribution in [0.15, 0.2) is 97.2 Å². The van der Waals surface area contributed by atoms with E-state index in [2.05, 4.69) is 111 Å². The highest BCUT2D eigenvalue weighted by atomic mass is 31.2. The fourth-order valence-corrected chi connectivity index (χ4v) is 7.66. The predicted molar refractivity (Wildman–Crippen MR) is 284 cm³/mol. The van der Waals surface area contributed by atoms with Gasteiger partial charge in [-0.15, -0.1) is 0 Å². The number of carbonyl (C=O) groups excluding carboxylic acids is 2. The van der Waals surface area contributed by atoms with E-state index in [0.717, 1.165) is 109 Å². The Hall–Kier alpha value is -3.07. The number of ether oxygens (including phenoxy) is 1. The van der Waals surface area contributed by atoms with Crippen molar-refractivity contribution in [3.05, 3.63) is 97.2 Å². The Morgan fingerprint density at radius 2 is 0.955 bits per heavy atom. The number of nitrogens with one attached hydrogen (secondary N) is 1. The maximum absolute atomic E-state index is 13.4. The van der Waals surface area contributed by atoms with E-state index in [1.165, 1.54) is 44.9 Å². The number of phosphoric ester groups is 1. The SMILES string of the molecule is CC/C=C/C/C=C/C/C=C/C/C=C/CCCCCC(=O)NC(COP(=O)([O-])OCC[N+](C)(C)C)C(/C=C/CCCCCCCCCCC)OC(=O)CCCCCC/C=C/C/C=C/C/C=C/CC. The van der Waals surface area contributed by atoms with E-state index in [1.807, 2.05) is 27.2 Å². The summed E-state index contributed by atoms with van der Waals surface area (Å²) in [7, 11) is 1.13. The van der Waals surface area contributed by atoms with Crippen molar-refractivity contribution in [2.45, 2.75) is 213 Å². The lowest BCUT2D eigenvalue weighted by Gasteiger charge is -2.30. The Bertz CT molecular complexity index is 1470. The van der Waals surface area contributed by atoms with Crippen LogP contribution < -0.4 is 10.2 Å². The number of unbranched alkanes of at least 4 members (excludes halogenated alkanes) is 16. The lowest BCUT2D eigenvalue weighted by Crippen LogP contribution is -2.47. The molecule has 0 radical (unpaired) electrons. The van der Waals surface area contributed by atoms with Crippen molar-refractivity contribution in [3.8, 4) is 0 Å². The molecule has 0 aliphatic rings. The van der Waals surface area contributed by atoms with Crippen LogP contribution >= 0.6 is 7.82 Å². The summed E-state index contributed by atoms with van der Waals surface area (Å²) in [6.07, 6.45) is 60.9. The summed E-state index contributed by atoms with van der Waals surface area (Å²) < 4.78 is 30.1. The highest BCUT2D eigenvalue weighted by Gasteiger charge is 2.27. The number of amides is 1. The molecular weight excluding hydrogens is 856 g/mol. The third kappa shape index (κ3) is 47.8. The third-order valence-corrected chi connectivity index (χ3v) is 12.0. The number of quaternary nitrogens is 1. The minimum Gasteiger partial charge on any atom is -0.756 e. The van der Waals surface area contributed by atoms with Crippen molar-refractivity contribution >= 4 is 19.7 Å². The minimum atomic E-state index is -4.71. The first-order valence-electron chi connectivity index (χ1n) is 26.5. The lowest BCUT2D eigenvalue weighted by atomic mass is 10.1. The fraction of sp³-hybridized carbons (Fsp3) is 0.684. The summed E-state index contributed by atoms with van der Waals surface area (Å²) in [5, 5.41) is 2.98. The maximum atomic E-state index is 13.4. The molecule has 0 saturated heterocycles. The lowest BCUT2D eigenvalue weighted by molar-refractivity contribution is -0.870. The molecule has 3 unspecified atom stereocenters. The quantitative estimate of drug-likeness (QED) is 0.0212. The first-order valence-corrected chi connectivity index (χ1v) is 28.0. The number of allylic oxidation sites excluding steroid dienone is 15. The number of hydrogen-bond acceptors (Lipinski definition) is 7. The average molecular weight is 955 g/mol. The van der Waals surface area contributed by atoms with Gasteiger partial charge in [-0.05, 0) is 102 Å². The fourth-order valence-electron chi connectivity index (χ4n) is 6.94. The molecule has 0 aromatic heterocycles. The molecule has 3 atom stereocenters. The second-order valence-corrected chi connectivity index (χ2v) is 20.0. The van der Waals surface area contributed by atoms with E-state index in [0.29, 0.717) is 23.9 Å². The van der Waals surface area contributed by atoms with Crippen molar-refractivity contribution in [2.75, 3.05) is 40.9 Å². The largest absolute Gasteiger partial charge is 0.756 e. The van der Waals surface area contributed by atoms with E-state index in [-0.39, 0.29) is 31.3 Å². The number of carbonyl (C=O) groups is 2. The van der Waals surface area contributed by atoms with Crippen molar-refractivity contribution in [2.24, 2.45) is 0 Å². The van der Waals surface area contributed by atoms with E-state index >= 15 is 0 Å².